The molecular weight excluding hydrogens is 380 g/mol. The third-order valence-electron chi connectivity index (χ3n) is 6.20. The van der Waals surface area contributed by atoms with Crippen LogP contribution in [0.15, 0.2) is 42.5 Å². The Morgan fingerprint density at radius 2 is 1.63 bits per heavy atom. The first-order valence-electron chi connectivity index (χ1n) is 10.7. The SMILES string of the molecule is N=c1n(CCN2CCCCC2)c2ccccc2n1C[C@H](O)c1ccc2c(c1)OCO2. The highest BCUT2D eigenvalue weighted by Crippen LogP contribution is 2.34. The molecule has 0 aliphatic carbocycles. The standard InChI is InChI=1S/C23H28N4O3/c24-23-26(13-12-25-10-4-1-5-11-25)18-6-2-3-7-19(18)27(23)15-20(28)17-8-9-21-22(14-17)30-16-29-21/h2-3,6-9,14,20,24,28H,1,4-5,10-13,15-16H2/t20-/m0/s1. The second kappa shape index (κ2) is 8.16. The minimum atomic E-state index is -0.741. The van der Waals surface area contributed by atoms with E-state index in [1.165, 1.54) is 19.3 Å². The first-order valence-corrected chi connectivity index (χ1v) is 10.7. The Hall–Kier alpha value is -2.77. The summed E-state index contributed by atoms with van der Waals surface area (Å²) in [6.45, 7) is 4.56. The lowest BCUT2D eigenvalue weighted by molar-refractivity contribution is 0.154. The minimum absolute atomic E-state index is 0.213. The van der Waals surface area contributed by atoms with Crippen molar-refractivity contribution in [1.82, 2.24) is 14.0 Å². The maximum atomic E-state index is 10.9. The third kappa shape index (κ3) is 3.59. The predicted molar refractivity (Wildman–Crippen MR) is 114 cm³/mol. The van der Waals surface area contributed by atoms with Crippen molar-refractivity contribution < 1.29 is 14.6 Å². The second-order valence-electron chi connectivity index (χ2n) is 8.11. The Bertz CT molecular complexity index is 1100. The maximum Gasteiger partial charge on any atom is 0.231 e. The zero-order valence-electron chi connectivity index (χ0n) is 17.1. The molecule has 3 heterocycles. The molecule has 0 unspecified atom stereocenters. The quantitative estimate of drug-likeness (QED) is 0.658. The molecule has 0 amide bonds. The number of rotatable bonds is 6. The fourth-order valence-electron chi connectivity index (χ4n) is 4.53. The number of imidazole rings is 1. The zero-order chi connectivity index (χ0) is 20.5. The molecule has 2 N–H and O–H groups in total. The van der Waals surface area contributed by atoms with Crippen molar-refractivity contribution in [2.45, 2.75) is 38.5 Å². The number of aromatic nitrogens is 2. The highest BCUT2D eigenvalue weighted by molar-refractivity contribution is 5.75. The van der Waals surface area contributed by atoms with Gasteiger partial charge in [-0.2, -0.15) is 0 Å². The maximum absolute atomic E-state index is 10.9. The fraction of sp³-hybridized carbons (Fsp3) is 0.435. The Labute approximate surface area is 175 Å². The van der Waals surface area contributed by atoms with Crippen LogP contribution in [0, 0.1) is 5.41 Å². The molecule has 1 atom stereocenters. The van der Waals surface area contributed by atoms with E-state index in [0.29, 0.717) is 23.7 Å². The van der Waals surface area contributed by atoms with Gasteiger partial charge in [-0.15, -0.1) is 0 Å². The van der Waals surface area contributed by atoms with Crippen LogP contribution in [0.5, 0.6) is 11.5 Å². The van der Waals surface area contributed by atoms with Crippen LogP contribution in [-0.2, 0) is 13.1 Å². The van der Waals surface area contributed by atoms with Crippen LogP contribution in [0.3, 0.4) is 0 Å². The van der Waals surface area contributed by atoms with Gasteiger partial charge in [-0.1, -0.05) is 24.6 Å². The summed E-state index contributed by atoms with van der Waals surface area (Å²) in [6.07, 6.45) is 3.11. The largest absolute Gasteiger partial charge is 0.454 e. The highest BCUT2D eigenvalue weighted by Gasteiger charge is 2.19. The predicted octanol–water partition coefficient (Wildman–Crippen LogP) is 2.87. The van der Waals surface area contributed by atoms with Crippen molar-refractivity contribution in [2.24, 2.45) is 0 Å². The Kier molecular flexibility index (Phi) is 5.23. The molecule has 30 heavy (non-hydrogen) atoms. The number of nitrogens with one attached hydrogen (secondary N) is 1. The van der Waals surface area contributed by atoms with Gasteiger partial charge in [-0.25, -0.2) is 0 Å². The Morgan fingerprint density at radius 1 is 0.900 bits per heavy atom. The highest BCUT2D eigenvalue weighted by atomic mass is 16.7. The van der Waals surface area contributed by atoms with Crippen LogP contribution in [0.4, 0.5) is 0 Å². The number of nitrogens with zero attached hydrogens (tertiary/aromatic N) is 3. The molecule has 0 bridgehead atoms. The van der Waals surface area contributed by atoms with Crippen LogP contribution in [0.1, 0.15) is 30.9 Å². The van der Waals surface area contributed by atoms with E-state index in [1.807, 2.05) is 41.0 Å². The summed E-state index contributed by atoms with van der Waals surface area (Å²) >= 11 is 0. The summed E-state index contributed by atoms with van der Waals surface area (Å²) in [5.41, 5.74) is 3.20. The van der Waals surface area contributed by atoms with Gasteiger partial charge in [0.25, 0.3) is 0 Å². The summed E-state index contributed by atoms with van der Waals surface area (Å²) in [5.74, 6) is 1.36. The van der Waals surface area contributed by atoms with E-state index >= 15 is 0 Å². The number of aliphatic hydroxyl groups is 1. The number of hydrogen-bond acceptors (Lipinski definition) is 5. The summed E-state index contributed by atoms with van der Waals surface area (Å²) in [5, 5.41) is 19.7. The number of likely N-dealkylation sites (tertiary alicyclic amines) is 1. The Morgan fingerprint density at radius 3 is 2.43 bits per heavy atom. The van der Waals surface area contributed by atoms with Gasteiger partial charge in [0.2, 0.25) is 12.4 Å². The number of aliphatic hydroxyl groups excluding tert-OH is 1. The average molecular weight is 409 g/mol. The normalized spacial score (nSPS) is 17.5. The average Bonchev–Trinajstić information content (AvgIpc) is 3.35. The number of piperidine rings is 1. The lowest BCUT2D eigenvalue weighted by Crippen LogP contribution is -2.35. The van der Waals surface area contributed by atoms with Crippen LogP contribution in [0.25, 0.3) is 11.0 Å². The summed E-state index contributed by atoms with van der Waals surface area (Å²) in [7, 11) is 0. The summed E-state index contributed by atoms with van der Waals surface area (Å²) in [4.78, 5) is 2.49. The van der Waals surface area contributed by atoms with E-state index in [2.05, 4.69) is 15.5 Å². The summed E-state index contributed by atoms with van der Waals surface area (Å²) in [6, 6.07) is 13.6. The lowest BCUT2D eigenvalue weighted by atomic mass is 10.1. The molecular formula is C23H28N4O3. The number of hydrogen-bond donors (Lipinski definition) is 2. The van der Waals surface area contributed by atoms with Gasteiger partial charge >= 0.3 is 0 Å². The van der Waals surface area contributed by atoms with Crippen LogP contribution >= 0.6 is 0 Å². The molecule has 1 saturated heterocycles. The number of ether oxygens (including phenoxy) is 2. The van der Waals surface area contributed by atoms with E-state index in [-0.39, 0.29) is 6.79 Å². The van der Waals surface area contributed by atoms with Crippen LogP contribution in [-0.4, -0.2) is 45.6 Å². The molecule has 2 aliphatic rings. The molecule has 1 aromatic heterocycles. The van der Waals surface area contributed by atoms with Crippen molar-refractivity contribution in [1.29, 1.82) is 5.41 Å². The molecule has 158 valence electrons. The van der Waals surface area contributed by atoms with Crippen LogP contribution < -0.4 is 15.1 Å². The van der Waals surface area contributed by atoms with E-state index in [9.17, 15) is 5.11 Å². The smallest absolute Gasteiger partial charge is 0.231 e. The van der Waals surface area contributed by atoms with Crippen molar-refractivity contribution in [3.63, 3.8) is 0 Å². The van der Waals surface area contributed by atoms with E-state index in [4.69, 9.17) is 14.9 Å². The summed E-state index contributed by atoms with van der Waals surface area (Å²) < 4.78 is 14.8. The van der Waals surface area contributed by atoms with E-state index < -0.39 is 6.10 Å². The number of para-hydroxylation sites is 2. The lowest BCUT2D eigenvalue weighted by Gasteiger charge is -2.26. The van der Waals surface area contributed by atoms with Gasteiger partial charge in [0.15, 0.2) is 11.5 Å². The van der Waals surface area contributed by atoms with Gasteiger partial charge in [0.1, 0.15) is 0 Å². The second-order valence-corrected chi connectivity index (χ2v) is 8.11. The van der Waals surface area contributed by atoms with Gasteiger partial charge < -0.3 is 28.6 Å². The van der Waals surface area contributed by atoms with Gasteiger partial charge in [0.05, 0.1) is 23.7 Å². The molecule has 5 rings (SSSR count). The molecule has 3 aromatic rings. The van der Waals surface area contributed by atoms with Gasteiger partial charge in [0, 0.05) is 13.1 Å². The topological polar surface area (TPSA) is 75.6 Å². The van der Waals surface area contributed by atoms with Gasteiger partial charge in [-0.05, 0) is 55.8 Å². The van der Waals surface area contributed by atoms with E-state index in [1.54, 1.807) is 0 Å². The third-order valence-corrected chi connectivity index (χ3v) is 6.20. The monoisotopic (exact) mass is 408 g/mol. The first-order chi connectivity index (χ1) is 14.7. The number of fused-ring (bicyclic) bond motifs is 2. The number of benzene rings is 2. The molecule has 2 aliphatic heterocycles. The molecule has 0 spiro atoms. The Balaban J connectivity index is 1.41. The molecule has 2 aromatic carbocycles. The zero-order valence-corrected chi connectivity index (χ0v) is 17.1. The molecule has 0 saturated carbocycles. The molecule has 7 nitrogen and oxygen atoms in total. The van der Waals surface area contributed by atoms with E-state index in [0.717, 1.165) is 42.8 Å². The fourth-order valence-corrected chi connectivity index (χ4v) is 4.53. The molecule has 0 radical (unpaired) electrons. The minimum Gasteiger partial charge on any atom is -0.454 e. The molecule has 1 fully saturated rings. The first kappa shape index (κ1) is 19.2. The van der Waals surface area contributed by atoms with Crippen molar-refractivity contribution >= 4 is 11.0 Å². The van der Waals surface area contributed by atoms with Crippen molar-refractivity contribution in [3.05, 3.63) is 53.6 Å². The van der Waals surface area contributed by atoms with Crippen molar-refractivity contribution in [3.8, 4) is 11.5 Å². The molecule has 7 heteroatoms. The van der Waals surface area contributed by atoms with Crippen LogP contribution in [0.2, 0.25) is 0 Å². The van der Waals surface area contributed by atoms with Gasteiger partial charge in [-0.3, -0.25) is 5.41 Å². The van der Waals surface area contributed by atoms with Crippen molar-refractivity contribution in [2.75, 3.05) is 26.4 Å².